The summed E-state index contributed by atoms with van der Waals surface area (Å²) in [5.41, 5.74) is 1.58. The van der Waals surface area contributed by atoms with E-state index in [1.807, 2.05) is 36.5 Å². The number of amides is 3. The van der Waals surface area contributed by atoms with Crippen molar-refractivity contribution in [2.24, 2.45) is 0 Å². The van der Waals surface area contributed by atoms with Crippen molar-refractivity contribution in [1.82, 2.24) is 14.7 Å². The van der Waals surface area contributed by atoms with Crippen LogP contribution in [0.1, 0.15) is 32.3 Å². The average molecular weight is 403 g/mol. The molecule has 7 heteroatoms. The lowest BCUT2D eigenvalue weighted by atomic mass is 9.87. The maximum atomic E-state index is 13.1. The maximum Gasteiger partial charge on any atom is 0.262 e. The zero-order valence-corrected chi connectivity index (χ0v) is 16.3. The summed E-state index contributed by atoms with van der Waals surface area (Å²) in [5, 5.41) is 0. The Hall–Kier alpha value is -3.45. The molecule has 3 amide bonds. The van der Waals surface area contributed by atoms with Gasteiger partial charge in [0.15, 0.2) is 0 Å². The fourth-order valence-electron chi connectivity index (χ4n) is 4.26. The van der Waals surface area contributed by atoms with Gasteiger partial charge in [0.1, 0.15) is 6.04 Å². The summed E-state index contributed by atoms with van der Waals surface area (Å²) in [6.45, 7) is 2.82. The first-order chi connectivity index (χ1) is 14.7. The van der Waals surface area contributed by atoms with E-state index in [2.05, 4.69) is 4.90 Å². The number of rotatable bonds is 4. The van der Waals surface area contributed by atoms with Gasteiger partial charge in [-0.15, -0.1) is 0 Å². The van der Waals surface area contributed by atoms with Crippen molar-refractivity contribution in [2.75, 3.05) is 26.3 Å². The van der Waals surface area contributed by atoms with E-state index in [1.54, 1.807) is 35.4 Å². The van der Waals surface area contributed by atoms with Crippen LogP contribution in [-0.4, -0.2) is 64.8 Å². The lowest BCUT2D eigenvalue weighted by Crippen LogP contribution is -2.65. The molecule has 5 rings (SSSR count). The van der Waals surface area contributed by atoms with E-state index in [9.17, 15) is 14.4 Å². The van der Waals surface area contributed by atoms with Gasteiger partial charge in [0.05, 0.1) is 30.4 Å². The summed E-state index contributed by atoms with van der Waals surface area (Å²) in [6, 6.07) is 14.9. The zero-order chi connectivity index (χ0) is 20.7. The van der Waals surface area contributed by atoms with Crippen LogP contribution in [0.15, 0.2) is 67.0 Å². The van der Waals surface area contributed by atoms with Crippen molar-refractivity contribution < 1.29 is 19.1 Å². The van der Waals surface area contributed by atoms with Crippen molar-refractivity contribution in [3.8, 4) is 0 Å². The molecule has 2 atom stereocenters. The van der Waals surface area contributed by atoms with Gasteiger partial charge < -0.3 is 14.5 Å². The van der Waals surface area contributed by atoms with Gasteiger partial charge >= 0.3 is 0 Å². The maximum absolute atomic E-state index is 13.1. The molecule has 0 bridgehead atoms. The van der Waals surface area contributed by atoms with Crippen molar-refractivity contribution >= 4 is 17.7 Å². The fourth-order valence-corrected chi connectivity index (χ4v) is 4.26. The molecule has 30 heavy (non-hydrogen) atoms. The van der Waals surface area contributed by atoms with Crippen LogP contribution in [0, 0.1) is 0 Å². The van der Waals surface area contributed by atoms with Crippen LogP contribution in [0.3, 0.4) is 0 Å². The number of benzene rings is 2. The molecule has 7 nitrogen and oxygen atoms in total. The van der Waals surface area contributed by atoms with Gasteiger partial charge in [-0.05, 0) is 17.7 Å². The molecule has 3 aliphatic heterocycles. The minimum atomic E-state index is -0.853. The predicted octanol–water partition coefficient (Wildman–Crippen LogP) is 2.04. The van der Waals surface area contributed by atoms with Crippen LogP contribution in [0.25, 0.3) is 0 Å². The second-order valence-corrected chi connectivity index (χ2v) is 7.52. The van der Waals surface area contributed by atoms with Gasteiger partial charge in [0, 0.05) is 25.5 Å². The van der Waals surface area contributed by atoms with Crippen molar-refractivity contribution in [3.05, 3.63) is 83.7 Å². The monoisotopic (exact) mass is 403 g/mol. The number of imide groups is 1. The lowest BCUT2D eigenvalue weighted by molar-refractivity contribution is -0.150. The summed E-state index contributed by atoms with van der Waals surface area (Å²) in [5.74, 6) is -1.08. The largest absolute Gasteiger partial charge is 0.378 e. The van der Waals surface area contributed by atoms with Gasteiger partial charge in [-0.25, -0.2) is 0 Å². The van der Waals surface area contributed by atoms with E-state index >= 15 is 0 Å². The van der Waals surface area contributed by atoms with Crippen molar-refractivity contribution in [1.29, 1.82) is 0 Å². The number of likely N-dealkylation sites (tertiary alicyclic amines) is 1. The van der Waals surface area contributed by atoms with Crippen molar-refractivity contribution in [2.45, 2.75) is 12.1 Å². The Balaban J connectivity index is 1.46. The first-order valence-corrected chi connectivity index (χ1v) is 10.0. The second kappa shape index (κ2) is 7.42. The minimum absolute atomic E-state index is 0.261. The number of morpholine rings is 1. The number of β-lactam (4-membered cyclic amide) rings is 1. The highest BCUT2D eigenvalue weighted by molar-refractivity contribution is 6.23. The molecule has 0 unspecified atom stereocenters. The summed E-state index contributed by atoms with van der Waals surface area (Å²) in [7, 11) is 0. The predicted molar refractivity (Wildman–Crippen MR) is 108 cm³/mol. The molecule has 2 saturated heterocycles. The number of ether oxygens (including phenoxy) is 1. The van der Waals surface area contributed by atoms with Gasteiger partial charge in [-0.1, -0.05) is 42.5 Å². The number of nitrogens with zero attached hydrogens (tertiary/aromatic N) is 3. The molecule has 0 saturated carbocycles. The summed E-state index contributed by atoms with van der Waals surface area (Å²) >= 11 is 0. The van der Waals surface area contributed by atoms with Gasteiger partial charge in [0.25, 0.3) is 17.7 Å². The highest BCUT2D eigenvalue weighted by Crippen LogP contribution is 2.41. The van der Waals surface area contributed by atoms with Gasteiger partial charge in [0.2, 0.25) is 0 Å². The standard InChI is InChI=1S/C23H21N3O4/c27-21-17-8-4-5-9-18(17)22(28)26(21)20-19(16-6-2-1-3-7-16)25(23(20)29)11-10-24-12-14-30-15-13-24/h1-11,19-20H,12-15H2/b11-10+/t19-,20+/m0/s1. The Kier molecular flexibility index (Phi) is 4.59. The molecule has 3 heterocycles. The molecular weight excluding hydrogens is 382 g/mol. The van der Waals surface area contributed by atoms with E-state index in [0.29, 0.717) is 24.3 Å². The SMILES string of the molecule is O=C1[C@H](N2C(=O)c3ccccc3C2=O)[C@H](c2ccccc2)N1/C=C/N1CCOCC1. The second-order valence-electron chi connectivity index (χ2n) is 7.52. The molecule has 3 aliphatic rings. The molecular formula is C23H21N3O4. The number of carbonyl (C=O) groups is 3. The van der Waals surface area contributed by atoms with E-state index < -0.39 is 23.9 Å². The Labute approximate surface area is 174 Å². The number of fused-ring (bicyclic) bond motifs is 1. The third kappa shape index (κ3) is 2.90. The molecule has 0 aliphatic carbocycles. The molecule has 152 valence electrons. The number of hydrogen-bond acceptors (Lipinski definition) is 5. The first kappa shape index (κ1) is 18.6. The van der Waals surface area contributed by atoms with Crippen LogP contribution < -0.4 is 0 Å². The molecule has 0 N–H and O–H groups in total. The molecule has 0 aromatic heterocycles. The smallest absolute Gasteiger partial charge is 0.262 e. The molecule has 0 spiro atoms. The van der Waals surface area contributed by atoms with Crippen LogP contribution in [0.4, 0.5) is 0 Å². The quantitative estimate of drug-likeness (QED) is 0.577. The number of hydrogen-bond donors (Lipinski definition) is 0. The van der Waals surface area contributed by atoms with E-state index in [1.165, 1.54) is 0 Å². The fraction of sp³-hybridized carbons (Fsp3) is 0.261. The summed E-state index contributed by atoms with van der Waals surface area (Å²) < 4.78 is 5.36. The van der Waals surface area contributed by atoms with Crippen LogP contribution >= 0.6 is 0 Å². The summed E-state index contributed by atoms with van der Waals surface area (Å²) in [6.07, 6.45) is 3.63. The van der Waals surface area contributed by atoms with Gasteiger partial charge in [-0.3, -0.25) is 19.3 Å². The van der Waals surface area contributed by atoms with E-state index in [-0.39, 0.29) is 5.91 Å². The van der Waals surface area contributed by atoms with E-state index in [0.717, 1.165) is 23.6 Å². The van der Waals surface area contributed by atoms with Crippen LogP contribution in [0.5, 0.6) is 0 Å². The Morgan fingerprint density at radius 3 is 2.00 bits per heavy atom. The minimum Gasteiger partial charge on any atom is -0.378 e. The Morgan fingerprint density at radius 1 is 0.767 bits per heavy atom. The van der Waals surface area contributed by atoms with Crippen LogP contribution in [0.2, 0.25) is 0 Å². The van der Waals surface area contributed by atoms with Crippen LogP contribution in [-0.2, 0) is 9.53 Å². The van der Waals surface area contributed by atoms with Crippen molar-refractivity contribution in [3.63, 3.8) is 0 Å². The zero-order valence-electron chi connectivity index (χ0n) is 16.3. The molecule has 2 fully saturated rings. The number of carbonyl (C=O) groups excluding carboxylic acids is 3. The summed E-state index contributed by atoms with van der Waals surface area (Å²) in [4.78, 5) is 43.9. The van der Waals surface area contributed by atoms with Gasteiger partial charge in [-0.2, -0.15) is 0 Å². The topological polar surface area (TPSA) is 70.2 Å². The molecule has 0 radical (unpaired) electrons. The molecule has 2 aromatic carbocycles. The highest BCUT2D eigenvalue weighted by atomic mass is 16.5. The Morgan fingerprint density at radius 2 is 1.37 bits per heavy atom. The van der Waals surface area contributed by atoms with E-state index in [4.69, 9.17) is 4.74 Å². The first-order valence-electron chi connectivity index (χ1n) is 10.0. The lowest BCUT2D eigenvalue weighted by Gasteiger charge is -2.48. The average Bonchev–Trinajstić information content (AvgIpc) is 3.04. The third-order valence-electron chi connectivity index (χ3n) is 5.83. The third-order valence-corrected chi connectivity index (χ3v) is 5.83. The highest BCUT2D eigenvalue weighted by Gasteiger charge is 2.56. The Bertz CT molecular complexity index is 995. The normalized spacial score (nSPS) is 23.9. The molecule has 2 aromatic rings.